The van der Waals surface area contributed by atoms with E-state index in [1.807, 2.05) is 6.07 Å². The highest BCUT2D eigenvalue weighted by atomic mass is 79.9. The number of halogens is 1. The average molecular weight is 257 g/mol. The topological polar surface area (TPSA) is 27.1 Å². The smallest absolute Gasteiger partial charge is 0.128 e. The highest BCUT2D eigenvalue weighted by Gasteiger charge is 2.35. The van der Waals surface area contributed by atoms with E-state index in [9.17, 15) is 0 Å². The van der Waals surface area contributed by atoms with Crippen LogP contribution in [0.3, 0.4) is 0 Å². The van der Waals surface area contributed by atoms with Crippen molar-refractivity contribution in [2.45, 2.75) is 43.9 Å². The molecule has 3 heterocycles. The molecule has 3 rings (SSSR count). The third kappa shape index (κ3) is 1.50. The Bertz CT molecular complexity index is 327. The summed E-state index contributed by atoms with van der Waals surface area (Å²) >= 11 is 3.38. The zero-order valence-corrected chi connectivity index (χ0v) is 9.48. The van der Waals surface area contributed by atoms with Crippen LogP contribution in [0.5, 0.6) is 0 Å². The van der Waals surface area contributed by atoms with Gasteiger partial charge in [0.1, 0.15) is 4.60 Å². The van der Waals surface area contributed by atoms with Gasteiger partial charge in [0, 0.05) is 6.20 Å². The van der Waals surface area contributed by atoms with E-state index in [4.69, 9.17) is 4.74 Å². The van der Waals surface area contributed by atoms with Crippen molar-refractivity contribution in [3.8, 4) is 0 Å². The van der Waals surface area contributed by atoms with Crippen LogP contribution in [-0.4, -0.2) is 22.0 Å². The lowest BCUT2D eigenvalue weighted by atomic mass is 10.0. The molecular formula is C10H13BrN2O. The van der Waals surface area contributed by atoms with Gasteiger partial charge in [-0.3, -0.25) is 4.68 Å². The highest BCUT2D eigenvalue weighted by Crippen LogP contribution is 2.38. The SMILES string of the molecule is Brc1ccn(C2C[C@H]3CC[C@@H](C2)O3)n1. The number of fused-ring (bicyclic) bond motifs is 2. The molecule has 3 atom stereocenters. The summed E-state index contributed by atoms with van der Waals surface area (Å²) in [6, 6.07) is 2.55. The van der Waals surface area contributed by atoms with Gasteiger partial charge >= 0.3 is 0 Å². The molecular weight excluding hydrogens is 244 g/mol. The molecule has 0 amide bonds. The first-order valence-corrected chi connectivity index (χ1v) is 5.96. The molecule has 76 valence electrons. The average Bonchev–Trinajstić information content (AvgIpc) is 2.73. The Morgan fingerprint density at radius 3 is 2.64 bits per heavy atom. The number of nitrogens with zero attached hydrogens (tertiary/aromatic N) is 2. The molecule has 0 saturated carbocycles. The van der Waals surface area contributed by atoms with Crippen molar-refractivity contribution in [1.29, 1.82) is 0 Å². The van der Waals surface area contributed by atoms with E-state index in [2.05, 4.69) is 31.9 Å². The molecule has 0 aliphatic carbocycles. The van der Waals surface area contributed by atoms with E-state index in [1.54, 1.807) is 0 Å². The van der Waals surface area contributed by atoms with Crippen molar-refractivity contribution >= 4 is 15.9 Å². The first-order chi connectivity index (χ1) is 6.81. The lowest BCUT2D eigenvalue weighted by Gasteiger charge is -2.28. The third-order valence-electron chi connectivity index (χ3n) is 3.22. The molecule has 1 aromatic heterocycles. The number of rotatable bonds is 1. The van der Waals surface area contributed by atoms with Crippen molar-refractivity contribution in [1.82, 2.24) is 9.78 Å². The summed E-state index contributed by atoms with van der Waals surface area (Å²) in [5.74, 6) is 0. The van der Waals surface area contributed by atoms with Gasteiger partial charge in [-0.25, -0.2) is 0 Å². The Kier molecular flexibility index (Phi) is 2.13. The van der Waals surface area contributed by atoms with E-state index in [1.165, 1.54) is 12.8 Å². The molecule has 0 N–H and O–H groups in total. The van der Waals surface area contributed by atoms with Crippen molar-refractivity contribution in [3.05, 3.63) is 16.9 Å². The van der Waals surface area contributed by atoms with E-state index in [-0.39, 0.29) is 0 Å². The van der Waals surface area contributed by atoms with Crippen LogP contribution in [-0.2, 0) is 4.74 Å². The van der Waals surface area contributed by atoms with Gasteiger partial charge in [0.05, 0.1) is 18.2 Å². The summed E-state index contributed by atoms with van der Waals surface area (Å²) in [6.45, 7) is 0. The molecule has 2 bridgehead atoms. The Morgan fingerprint density at radius 2 is 2.07 bits per heavy atom. The minimum Gasteiger partial charge on any atom is -0.375 e. The maximum absolute atomic E-state index is 5.80. The van der Waals surface area contributed by atoms with Crippen LogP contribution in [0.15, 0.2) is 16.9 Å². The second-order valence-corrected chi connectivity index (χ2v) is 5.01. The quantitative estimate of drug-likeness (QED) is 0.773. The standard InChI is InChI=1S/C10H13BrN2O/c11-10-3-4-13(12-10)7-5-8-1-2-9(6-7)14-8/h3-4,7-9H,1-2,5-6H2/t7?,8-,9+. The van der Waals surface area contributed by atoms with Crippen LogP contribution >= 0.6 is 15.9 Å². The summed E-state index contributed by atoms with van der Waals surface area (Å²) in [5, 5.41) is 4.41. The first-order valence-electron chi connectivity index (χ1n) is 5.17. The zero-order chi connectivity index (χ0) is 9.54. The number of ether oxygens (including phenoxy) is 1. The fourth-order valence-corrected chi connectivity index (χ4v) is 2.87. The summed E-state index contributed by atoms with van der Waals surface area (Å²) in [6.07, 6.45) is 7.77. The Balaban J connectivity index is 1.80. The molecule has 2 aliphatic rings. The number of hydrogen-bond donors (Lipinski definition) is 0. The van der Waals surface area contributed by atoms with Gasteiger partial charge in [-0.2, -0.15) is 5.10 Å². The number of hydrogen-bond acceptors (Lipinski definition) is 2. The van der Waals surface area contributed by atoms with Gasteiger partial charge in [0.25, 0.3) is 0 Å². The molecule has 0 aromatic carbocycles. The highest BCUT2D eigenvalue weighted by molar-refractivity contribution is 9.10. The van der Waals surface area contributed by atoms with Crippen molar-refractivity contribution < 1.29 is 4.74 Å². The molecule has 0 spiro atoms. The van der Waals surface area contributed by atoms with Crippen LogP contribution in [0.2, 0.25) is 0 Å². The fraction of sp³-hybridized carbons (Fsp3) is 0.700. The van der Waals surface area contributed by atoms with Gasteiger partial charge in [-0.15, -0.1) is 0 Å². The van der Waals surface area contributed by atoms with Crippen LogP contribution in [0.1, 0.15) is 31.7 Å². The normalized spacial score (nSPS) is 36.2. The van der Waals surface area contributed by atoms with E-state index >= 15 is 0 Å². The summed E-state index contributed by atoms with van der Waals surface area (Å²) in [7, 11) is 0. The number of aromatic nitrogens is 2. The molecule has 2 saturated heterocycles. The van der Waals surface area contributed by atoms with Gasteiger partial charge in [0.15, 0.2) is 0 Å². The van der Waals surface area contributed by atoms with Gasteiger partial charge in [0.2, 0.25) is 0 Å². The molecule has 0 radical (unpaired) electrons. The van der Waals surface area contributed by atoms with Crippen molar-refractivity contribution in [2.24, 2.45) is 0 Å². The van der Waals surface area contributed by atoms with Gasteiger partial charge < -0.3 is 4.74 Å². The molecule has 2 aliphatic heterocycles. The van der Waals surface area contributed by atoms with E-state index < -0.39 is 0 Å². The summed E-state index contributed by atoms with van der Waals surface area (Å²) in [5.41, 5.74) is 0. The van der Waals surface area contributed by atoms with E-state index in [0.29, 0.717) is 18.2 Å². The fourth-order valence-electron chi connectivity index (χ4n) is 2.56. The molecule has 3 nitrogen and oxygen atoms in total. The summed E-state index contributed by atoms with van der Waals surface area (Å²) < 4.78 is 8.81. The van der Waals surface area contributed by atoms with Gasteiger partial charge in [-0.1, -0.05) is 0 Å². The Labute approximate surface area is 91.6 Å². The lowest BCUT2D eigenvalue weighted by Crippen LogP contribution is -2.27. The first kappa shape index (κ1) is 8.92. The van der Waals surface area contributed by atoms with Gasteiger partial charge in [-0.05, 0) is 47.7 Å². The van der Waals surface area contributed by atoms with Crippen molar-refractivity contribution in [3.63, 3.8) is 0 Å². The second-order valence-electron chi connectivity index (χ2n) is 4.20. The maximum atomic E-state index is 5.80. The predicted octanol–water partition coefficient (Wildman–Crippen LogP) is 2.53. The monoisotopic (exact) mass is 256 g/mol. The van der Waals surface area contributed by atoms with Crippen LogP contribution < -0.4 is 0 Å². The molecule has 1 aromatic rings. The van der Waals surface area contributed by atoms with Crippen molar-refractivity contribution in [2.75, 3.05) is 0 Å². The predicted molar refractivity (Wildman–Crippen MR) is 56.1 cm³/mol. The van der Waals surface area contributed by atoms with Crippen LogP contribution in [0, 0.1) is 0 Å². The zero-order valence-electron chi connectivity index (χ0n) is 7.90. The molecule has 4 heteroatoms. The van der Waals surface area contributed by atoms with Crippen LogP contribution in [0.25, 0.3) is 0 Å². The second kappa shape index (κ2) is 3.35. The van der Waals surface area contributed by atoms with E-state index in [0.717, 1.165) is 17.4 Å². The lowest BCUT2D eigenvalue weighted by molar-refractivity contribution is -0.0181. The largest absolute Gasteiger partial charge is 0.375 e. The third-order valence-corrected chi connectivity index (χ3v) is 3.64. The molecule has 14 heavy (non-hydrogen) atoms. The minimum absolute atomic E-state index is 0.488. The maximum Gasteiger partial charge on any atom is 0.128 e. The Morgan fingerprint density at radius 1 is 1.36 bits per heavy atom. The molecule has 1 unspecified atom stereocenters. The summed E-state index contributed by atoms with van der Waals surface area (Å²) in [4.78, 5) is 0. The Hall–Kier alpha value is -0.350. The molecule has 2 fully saturated rings. The minimum atomic E-state index is 0.488. The van der Waals surface area contributed by atoms with Crippen LogP contribution in [0.4, 0.5) is 0 Å².